The minimum Gasteiger partial charge on any atom is -0.369 e. The topological polar surface area (TPSA) is 23.6 Å². The van der Waals surface area contributed by atoms with E-state index in [0.717, 1.165) is 57.0 Å². The number of carbonyl (C=O) groups excluding carboxylic acids is 1. The van der Waals surface area contributed by atoms with E-state index in [1.807, 2.05) is 18.2 Å². The molecule has 1 saturated heterocycles. The average Bonchev–Trinajstić information content (AvgIpc) is 2.44. The molecule has 20 heavy (non-hydrogen) atoms. The van der Waals surface area contributed by atoms with Crippen molar-refractivity contribution in [2.45, 2.75) is 26.2 Å². The van der Waals surface area contributed by atoms with Gasteiger partial charge in [-0.1, -0.05) is 17.7 Å². The van der Waals surface area contributed by atoms with Gasteiger partial charge in [-0.15, -0.1) is 0 Å². The summed E-state index contributed by atoms with van der Waals surface area (Å²) in [5.41, 5.74) is 1.22. The smallest absolute Gasteiger partial charge is 0.129 e. The second kappa shape index (κ2) is 7.65. The summed E-state index contributed by atoms with van der Waals surface area (Å²) in [5, 5.41) is 0.800. The molecule has 2 rings (SSSR count). The minimum absolute atomic E-state index is 0.302. The SMILES string of the molecule is CC(=O)CCCCN1CCN(c2cccc(Cl)c2)CC1. The molecule has 3 nitrogen and oxygen atoms in total. The van der Waals surface area contributed by atoms with Crippen molar-refractivity contribution in [3.63, 3.8) is 0 Å². The third-order valence-electron chi connectivity index (χ3n) is 3.80. The first-order chi connectivity index (χ1) is 9.65. The highest BCUT2D eigenvalue weighted by Gasteiger charge is 2.16. The first kappa shape index (κ1) is 15.3. The first-order valence-electron chi connectivity index (χ1n) is 7.37. The normalized spacial score (nSPS) is 16.4. The molecule has 0 aromatic heterocycles. The van der Waals surface area contributed by atoms with Crippen molar-refractivity contribution in [2.75, 3.05) is 37.6 Å². The Labute approximate surface area is 126 Å². The number of piperazine rings is 1. The lowest BCUT2D eigenvalue weighted by atomic mass is 10.1. The summed E-state index contributed by atoms with van der Waals surface area (Å²) in [6.45, 7) is 7.06. The number of Topliss-reactive ketones (excluding diaryl/α,β-unsaturated/α-hetero) is 1. The van der Waals surface area contributed by atoms with Crippen LogP contribution in [0.25, 0.3) is 0 Å². The van der Waals surface area contributed by atoms with Gasteiger partial charge in [0.2, 0.25) is 0 Å². The Hall–Kier alpha value is -1.06. The Morgan fingerprint density at radius 3 is 2.60 bits per heavy atom. The Morgan fingerprint density at radius 2 is 1.95 bits per heavy atom. The van der Waals surface area contributed by atoms with E-state index in [9.17, 15) is 4.79 Å². The Balaban J connectivity index is 1.71. The van der Waals surface area contributed by atoms with E-state index in [4.69, 9.17) is 11.6 Å². The fraction of sp³-hybridized carbons (Fsp3) is 0.562. The van der Waals surface area contributed by atoms with E-state index in [-0.39, 0.29) is 0 Å². The lowest BCUT2D eigenvalue weighted by Crippen LogP contribution is -2.46. The molecule has 4 heteroatoms. The average molecular weight is 295 g/mol. The van der Waals surface area contributed by atoms with Crippen molar-refractivity contribution < 1.29 is 4.79 Å². The van der Waals surface area contributed by atoms with Crippen LogP contribution in [0, 0.1) is 0 Å². The standard InChI is InChI=1S/C16H23ClN2O/c1-14(20)5-2-3-8-18-9-11-19(12-10-18)16-7-4-6-15(17)13-16/h4,6-7,13H,2-3,5,8-12H2,1H3. The summed E-state index contributed by atoms with van der Waals surface area (Å²) in [6, 6.07) is 8.07. The maximum atomic E-state index is 10.9. The number of rotatable bonds is 6. The zero-order chi connectivity index (χ0) is 14.4. The number of hydrogen-bond acceptors (Lipinski definition) is 3. The van der Waals surface area contributed by atoms with Crippen LogP contribution in [0.4, 0.5) is 5.69 Å². The van der Waals surface area contributed by atoms with Gasteiger partial charge in [0.15, 0.2) is 0 Å². The first-order valence-corrected chi connectivity index (χ1v) is 7.75. The predicted molar refractivity (Wildman–Crippen MR) is 84.6 cm³/mol. The molecule has 0 N–H and O–H groups in total. The van der Waals surface area contributed by atoms with E-state index in [1.165, 1.54) is 5.69 Å². The summed E-state index contributed by atoms with van der Waals surface area (Å²) in [6.07, 6.45) is 2.86. The van der Waals surface area contributed by atoms with E-state index < -0.39 is 0 Å². The number of anilines is 1. The second-order valence-electron chi connectivity index (χ2n) is 5.47. The molecule has 0 radical (unpaired) electrons. The van der Waals surface area contributed by atoms with Gasteiger partial charge >= 0.3 is 0 Å². The quantitative estimate of drug-likeness (QED) is 0.753. The lowest BCUT2D eigenvalue weighted by molar-refractivity contribution is -0.117. The largest absolute Gasteiger partial charge is 0.369 e. The molecule has 0 atom stereocenters. The molecule has 0 aliphatic carbocycles. The van der Waals surface area contributed by atoms with Gasteiger partial charge in [0.25, 0.3) is 0 Å². The molecule has 1 aliphatic heterocycles. The van der Waals surface area contributed by atoms with Crippen molar-refractivity contribution >= 4 is 23.1 Å². The number of benzene rings is 1. The molecule has 1 aromatic rings. The zero-order valence-corrected chi connectivity index (χ0v) is 12.9. The molecule has 0 unspecified atom stereocenters. The van der Waals surface area contributed by atoms with Crippen LogP contribution in [0.15, 0.2) is 24.3 Å². The molecular formula is C16H23ClN2O. The van der Waals surface area contributed by atoms with E-state index >= 15 is 0 Å². The highest BCUT2D eigenvalue weighted by Crippen LogP contribution is 2.20. The third kappa shape index (κ3) is 4.80. The van der Waals surface area contributed by atoms with E-state index in [1.54, 1.807) is 6.92 Å². The second-order valence-corrected chi connectivity index (χ2v) is 5.90. The Kier molecular flexibility index (Phi) is 5.86. The summed E-state index contributed by atoms with van der Waals surface area (Å²) < 4.78 is 0. The van der Waals surface area contributed by atoms with Gasteiger partial charge in [0, 0.05) is 43.3 Å². The molecule has 0 saturated carbocycles. The third-order valence-corrected chi connectivity index (χ3v) is 4.03. The molecular weight excluding hydrogens is 272 g/mol. The number of nitrogens with zero attached hydrogens (tertiary/aromatic N) is 2. The number of hydrogen-bond donors (Lipinski definition) is 0. The summed E-state index contributed by atoms with van der Waals surface area (Å²) in [4.78, 5) is 15.8. The number of unbranched alkanes of at least 4 members (excludes halogenated alkanes) is 1. The predicted octanol–water partition coefficient (Wildman–Crippen LogP) is 3.22. The maximum Gasteiger partial charge on any atom is 0.129 e. The molecule has 0 spiro atoms. The van der Waals surface area contributed by atoms with Gasteiger partial charge < -0.3 is 9.69 Å². The highest BCUT2D eigenvalue weighted by molar-refractivity contribution is 6.30. The van der Waals surface area contributed by atoms with Crippen molar-refractivity contribution in [1.29, 1.82) is 0 Å². The van der Waals surface area contributed by atoms with Crippen LogP contribution < -0.4 is 4.90 Å². The van der Waals surface area contributed by atoms with Crippen LogP contribution in [0.5, 0.6) is 0 Å². The molecule has 1 aromatic carbocycles. The van der Waals surface area contributed by atoms with Crippen LogP contribution in [-0.4, -0.2) is 43.4 Å². The summed E-state index contributed by atoms with van der Waals surface area (Å²) in [5.74, 6) is 0.302. The monoisotopic (exact) mass is 294 g/mol. The zero-order valence-electron chi connectivity index (χ0n) is 12.1. The Bertz CT molecular complexity index is 442. The van der Waals surface area contributed by atoms with Crippen molar-refractivity contribution in [1.82, 2.24) is 4.90 Å². The van der Waals surface area contributed by atoms with Crippen molar-refractivity contribution in [3.05, 3.63) is 29.3 Å². The number of halogens is 1. The molecule has 1 fully saturated rings. The summed E-state index contributed by atoms with van der Waals surface area (Å²) >= 11 is 6.04. The van der Waals surface area contributed by atoms with Crippen LogP contribution in [0.2, 0.25) is 5.02 Å². The van der Waals surface area contributed by atoms with Crippen molar-refractivity contribution in [3.8, 4) is 0 Å². The van der Waals surface area contributed by atoms with Gasteiger partial charge in [0.05, 0.1) is 0 Å². The van der Waals surface area contributed by atoms with E-state index in [2.05, 4.69) is 15.9 Å². The lowest BCUT2D eigenvalue weighted by Gasteiger charge is -2.36. The summed E-state index contributed by atoms with van der Waals surface area (Å²) in [7, 11) is 0. The van der Waals surface area contributed by atoms with Crippen LogP contribution in [0.1, 0.15) is 26.2 Å². The van der Waals surface area contributed by atoms with Crippen LogP contribution in [0.3, 0.4) is 0 Å². The van der Waals surface area contributed by atoms with Gasteiger partial charge in [-0.3, -0.25) is 4.90 Å². The van der Waals surface area contributed by atoms with Gasteiger partial charge in [0.1, 0.15) is 5.78 Å². The Morgan fingerprint density at radius 1 is 1.20 bits per heavy atom. The van der Waals surface area contributed by atoms with E-state index in [0.29, 0.717) is 5.78 Å². The molecule has 1 heterocycles. The minimum atomic E-state index is 0.302. The van der Waals surface area contributed by atoms with Gasteiger partial charge in [-0.25, -0.2) is 0 Å². The number of ketones is 1. The molecule has 1 aliphatic rings. The fourth-order valence-electron chi connectivity index (χ4n) is 2.61. The fourth-order valence-corrected chi connectivity index (χ4v) is 2.80. The molecule has 0 bridgehead atoms. The van der Waals surface area contributed by atoms with Gasteiger partial charge in [-0.05, 0) is 44.5 Å². The molecule has 110 valence electrons. The maximum absolute atomic E-state index is 10.9. The number of carbonyl (C=O) groups is 1. The highest BCUT2D eigenvalue weighted by atomic mass is 35.5. The van der Waals surface area contributed by atoms with Crippen LogP contribution >= 0.6 is 11.6 Å². The van der Waals surface area contributed by atoms with Crippen molar-refractivity contribution in [2.24, 2.45) is 0 Å². The molecule has 0 amide bonds. The van der Waals surface area contributed by atoms with Crippen LogP contribution in [-0.2, 0) is 4.79 Å². The van der Waals surface area contributed by atoms with Gasteiger partial charge in [-0.2, -0.15) is 0 Å².